The van der Waals surface area contributed by atoms with Gasteiger partial charge in [0.2, 0.25) is 0 Å². The van der Waals surface area contributed by atoms with Crippen LogP contribution in [0.3, 0.4) is 0 Å². The van der Waals surface area contributed by atoms with Crippen molar-refractivity contribution in [3.05, 3.63) is 35.4 Å². The number of nitrogens with one attached hydrogen (secondary N) is 2. The van der Waals surface area contributed by atoms with Crippen molar-refractivity contribution in [3.63, 3.8) is 0 Å². The molecule has 6 heteroatoms. The molecule has 1 aromatic rings. The van der Waals surface area contributed by atoms with Crippen LogP contribution in [0.15, 0.2) is 18.2 Å². The van der Waals surface area contributed by atoms with Crippen LogP contribution in [0.1, 0.15) is 52.6 Å². The molecule has 0 aromatic heterocycles. The van der Waals surface area contributed by atoms with Crippen molar-refractivity contribution in [2.75, 3.05) is 6.54 Å². The summed E-state index contributed by atoms with van der Waals surface area (Å²) >= 11 is 0. The average molecular weight is 328 g/mol. The summed E-state index contributed by atoms with van der Waals surface area (Å²) in [4.78, 5) is 11.7. The minimum atomic E-state index is -0.600. The van der Waals surface area contributed by atoms with Crippen LogP contribution in [-0.4, -0.2) is 24.3 Å². The van der Waals surface area contributed by atoms with Crippen LogP contribution in [0.5, 0.6) is 0 Å². The molecule has 0 aliphatic heterocycles. The third-order valence-corrected chi connectivity index (χ3v) is 3.30. The second kappa shape index (κ2) is 8.24. The summed E-state index contributed by atoms with van der Waals surface area (Å²) in [5.41, 5.74) is -0.161. The van der Waals surface area contributed by atoms with Gasteiger partial charge in [-0.3, -0.25) is 0 Å². The second-order valence-electron chi connectivity index (χ2n) is 6.54. The van der Waals surface area contributed by atoms with Gasteiger partial charge < -0.3 is 15.4 Å². The number of carbonyl (C=O) groups is 1. The first-order valence-electron chi connectivity index (χ1n) is 7.80. The van der Waals surface area contributed by atoms with Crippen molar-refractivity contribution in [2.24, 2.45) is 0 Å². The molecule has 130 valence electrons. The molecule has 1 amide bonds. The van der Waals surface area contributed by atoms with Crippen molar-refractivity contribution >= 4 is 6.09 Å². The van der Waals surface area contributed by atoms with Gasteiger partial charge in [0, 0.05) is 30.3 Å². The van der Waals surface area contributed by atoms with Crippen molar-refractivity contribution in [3.8, 4) is 0 Å². The Morgan fingerprint density at radius 3 is 2.48 bits per heavy atom. The van der Waals surface area contributed by atoms with Crippen LogP contribution in [0.4, 0.5) is 13.6 Å². The van der Waals surface area contributed by atoms with Gasteiger partial charge in [0.15, 0.2) is 0 Å². The fourth-order valence-corrected chi connectivity index (χ4v) is 2.14. The first kappa shape index (κ1) is 19.4. The van der Waals surface area contributed by atoms with Crippen LogP contribution < -0.4 is 10.6 Å². The highest BCUT2D eigenvalue weighted by molar-refractivity contribution is 5.67. The molecule has 2 atom stereocenters. The van der Waals surface area contributed by atoms with Gasteiger partial charge in [-0.15, -0.1) is 0 Å². The minimum Gasteiger partial charge on any atom is -0.444 e. The van der Waals surface area contributed by atoms with E-state index in [0.717, 1.165) is 12.5 Å². The zero-order valence-corrected chi connectivity index (χ0v) is 14.4. The molecule has 0 bridgehead atoms. The van der Waals surface area contributed by atoms with E-state index in [-0.39, 0.29) is 12.1 Å². The number of alkyl carbamates (subject to hydrolysis) is 1. The molecule has 0 saturated carbocycles. The Morgan fingerprint density at radius 1 is 1.30 bits per heavy atom. The summed E-state index contributed by atoms with van der Waals surface area (Å²) in [5.74, 6) is -1.18. The summed E-state index contributed by atoms with van der Waals surface area (Å²) in [5, 5.41) is 5.92. The van der Waals surface area contributed by atoms with E-state index < -0.39 is 23.3 Å². The smallest absolute Gasteiger partial charge is 0.407 e. The standard InChI is InChI=1S/C17H26F2N2O2/c1-6-13(10-20-16(22)23-17(3,4)5)21-11(2)14-8-7-12(18)9-15(14)19/h7-9,11,13,21H,6,10H2,1-5H3,(H,20,22). The van der Waals surface area contributed by atoms with Crippen molar-refractivity contribution in [1.29, 1.82) is 0 Å². The maximum absolute atomic E-state index is 13.8. The molecular weight excluding hydrogens is 302 g/mol. The maximum atomic E-state index is 13.8. The van der Waals surface area contributed by atoms with Gasteiger partial charge in [-0.25, -0.2) is 13.6 Å². The normalized spacial score (nSPS) is 14.2. The monoisotopic (exact) mass is 328 g/mol. The molecular formula is C17H26F2N2O2. The van der Waals surface area contributed by atoms with Gasteiger partial charge >= 0.3 is 6.09 Å². The Labute approximate surface area is 136 Å². The van der Waals surface area contributed by atoms with Crippen molar-refractivity contribution in [1.82, 2.24) is 10.6 Å². The SMILES string of the molecule is CCC(CNC(=O)OC(C)(C)C)NC(C)c1ccc(F)cc1F. The fourth-order valence-electron chi connectivity index (χ4n) is 2.14. The molecule has 0 radical (unpaired) electrons. The number of benzene rings is 1. The van der Waals surface area contributed by atoms with E-state index >= 15 is 0 Å². The Morgan fingerprint density at radius 2 is 1.96 bits per heavy atom. The zero-order chi connectivity index (χ0) is 17.6. The molecule has 0 aliphatic carbocycles. The lowest BCUT2D eigenvalue weighted by molar-refractivity contribution is 0.0521. The number of halogens is 2. The Kier molecular flexibility index (Phi) is 6.94. The summed E-state index contributed by atoms with van der Waals surface area (Å²) in [7, 11) is 0. The van der Waals surface area contributed by atoms with E-state index in [4.69, 9.17) is 4.74 Å². The van der Waals surface area contributed by atoms with E-state index in [2.05, 4.69) is 10.6 Å². The van der Waals surface area contributed by atoms with Gasteiger partial charge in [-0.2, -0.15) is 0 Å². The van der Waals surface area contributed by atoms with E-state index in [1.165, 1.54) is 12.1 Å². The van der Waals surface area contributed by atoms with Gasteiger partial charge in [-0.05, 0) is 40.2 Å². The van der Waals surface area contributed by atoms with Crippen LogP contribution in [0.2, 0.25) is 0 Å². The number of rotatable bonds is 6. The predicted octanol–water partition coefficient (Wildman–Crippen LogP) is 3.92. The third-order valence-electron chi connectivity index (χ3n) is 3.30. The summed E-state index contributed by atoms with van der Waals surface area (Å²) < 4.78 is 31.9. The number of carbonyl (C=O) groups excluding carboxylic acids is 1. The zero-order valence-electron chi connectivity index (χ0n) is 14.4. The lowest BCUT2D eigenvalue weighted by Crippen LogP contribution is -2.43. The van der Waals surface area contributed by atoms with E-state index in [9.17, 15) is 13.6 Å². The van der Waals surface area contributed by atoms with Gasteiger partial charge in [0.1, 0.15) is 17.2 Å². The number of hydrogen-bond acceptors (Lipinski definition) is 3. The number of amides is 1. The molecule has 2 unspecified atom stereocenters. The highest BCUT2D eigenvalue weighted by Crippen LogP contribution is 2.18. The van der Waals surface area contributed by atoms with Crippen LogP contribution in [0, 0.1) is 11.6 Å². The molecule has 2 N–H and O–H groups in total. The highest BCUT2D eigenvalue weighted by Gasteiger charge is 2.19. The lowest BCUT2D eigenvalue weighted by Gasteiger charge is -2.25. The topological polar surface area (TPSA) is 50.4 Å². The quantitative estimate of drug-likeness (QED) is 0.832. The van der Waals surface area contributed by atoms with Gasteiger partial charge in [-0.1, -0.05) is 13.0 Å². The molecule has 1 aromatic carbocycles. The lowest BCUT2D eigenvalue weighted by atomic mass is 10.1. The van der Waals surface area contributed by atoms with E-state index in [1.807, 2.05) is 6.92 Å². The molecule has 0 fully saturated rings. The van der Waals surface area contributed by atoms with Crippen LogP contribution in [-0.2, 0) is 4.74 Å². The third kappa shape index (κ3) is 6.95. The second-order valence-corrected chi connectivity index (χ2v) is 6.54. The summed E-state index contributed by atoms with van der Waals surface area (Å²) in [6.07, 6.45) is 0.251. The van der Waals surface area contributed by atoms with E-state index in [0.29, 0.717) is 12.1 Å². The molecule has 0 saturated heterocycles. The van der Waals surface area contributed by atoms with Gasteiger partial charge in [0.05, 0.1) is 0 Å². The average Bonchev–Trinajstić information content (AvgIpc) is 2.41. The molecule has 0 spiro atoms. The largest absolute Gasteiger partial charge is 0.444 e. The molecule has 0 heterocycles. The Balaban J connectivity index is 2.57. The number of hydrogen-bond donors (Lipinski definition) is 2. The van der Waals surface area contributed by atoms with Crippen molar-refractivity contribution < 1.29 is 18.3 Å². The number of ether oxygens (including phenoxy) is 1. The predicted molar refractivity (Wildman–Crippen MR) is 86.2 cm³/mol. The fraction of sp³-hybridized carbons (Fsp3) is 0.588. The summed E-state index contributed by atoms with van der Waals surface area (Å²) in [6.45, 7) is 9.50. The van der Waals surface area contributed by atoms with Crippen LogP contribution in [0.25, 0.3) is 0 Å². The highest BCUT2D eigenvalue weighted by atomic mass is 19.1. The van der Waals surface area contributed by atoms with Gasteiger partial charge in [0.25, 0.3) is 0 Å². The first-order chi connectivity index (χ1) is 10.6. The summed E-state index contributed by atoms with van der Waals surface area (Å²) in [6, 6.07) is 3.17. The Bertz CT molecular complexity index is 530. The molecule has 0 aliphatic rings. The molecule has 1 rings (SSSR count). The van der Waals surface area contributed by atoms with Crippen molar-refractivity contribution in [2.45, 2.75) is 58.7 Å². The van der Waals surface area contributed by atoms with Crippen LogP contribution >= 0.6 is 0 Å². The Hall–Kier alpha value is -1.69. The molecule has 23 heavy (non-hydrogen) atoms. The molecule has 4 nitrogen and oxygen atoms in total. The minimum absolute atomic E-state index is 0.0537. The maximum Gasteiger partial charge on any atom is 0.407 e. The van der Waals surface area contributed by atoms with E-state index in [1.54, 1.807) is 27.7 Å². The first-order valence-corrected chi connectivity index (χ1v) is 7.80.